The van der Waals surface area contributed by atoms with Crippen LogP contribution in [0.5, 0.6) is 11.5 Å². The van der Waals surface area contributed by atoms with Crippen molar-refractivity contribution in [1.29, 1.82) is 0 Å². The van der Waals surface area contributed by atoms with Crippen LogP contribution in [0.3, 0.4) is 0 Å². The first-order chi connectivity index (χ1) is 11.7. The van der Waals surface area contributed by atoms with Gasteiger partial charge in [-0.15, -0.1) is 0 Å². The highest BCUT2D eigenvalue weighted by Crippen LogP contribution is 2.28. The van der Waals surface area contributed by atoms with Gasteiger partial charge >= 0.3 is 0 Å². The summed E-state index contributed by atoms with van der Waals surface area (Å²) < 4.78 is 10.4. The number of amides is 1. The minimum absolute atomic E-state index is 0.0362. The van der Waals surface area contributed by atoms with Crippen LogP contribution in [0.25, 0.3) is 0 Å². The Hall–Kier alpha value is -2.01. The molecule has 5 nitrogen and oxygen atoms in total. The van der Waals surface area contributed by atoms with Crippen molar-refractivity contribution in [2.24, 2.45) is 0 Å². The van der Waals surface area contributed by atoms with Gasteiger partial charge in [0.2, 0.25) is 5.91 Å². The van der Waals surface area contributed by atoms with Gasteiger partial charge in [0, 0.05) is 19.0 Å². The quantitative estimate of drug-likeness (QED) is 0.537. The Bertz CT molecular complexity index is 570. The molecule has 0 bridgehead atoms. The third kappa shape index (κ3) is 5.89. The van der Waals surface area contributed by atoms with Crippen LogP contribution in [-0.4, -0.2) is 33.2 Å². The summed E-state index contributed by atoms with van der Waals surface area (Å²) in [5.74, 6) is 1.28. The molecule has 0 heterocycles. The maximum absolute atomic E-state index is 12.1. The molecule has 2 N–H and O–H groups in total. The van der Waals surface area contributed by atoms with E-state index in [4.69, 9.17) is 9.47 Å². The van der Waals surface area contributed by atoms with Gasteiger partial charge in [-0.25, -0.2) is 0 Å². The number of carbonyl (C=O) groups excluding carboxylic acids is 1. The number of hydrogen-bond acceptors (Lipinski definition) is 4. The lowest BCUT2D eigenvalue weighted by atomic mass is 9.97. The second-order valence-electron chi connectivity index (χ2n) is 5.97. The molecule has 24 heavy (non-hydrogen) atoms. The molecular weight excluding hydrogens is 304 g/mol. The topological polar surface area (TPSA) is 59.6 Å². The summed E-state index contributed by atoms with van der Waals surface area (Å²) >= 11 is 0. The van der Waals surface area contributed by atoms with Gasteiger partial charge in [0.1, 0.15) is 11.5 Å². The first-order valence-electron chi connectivity index (χ1n) is 8.63. The van der Waals surface area contributed by atoms with E-state index < -0.39 is 0 Å². The van der Waals surface area contributed by atoms with Crippen molar-refractivity contribution in [3.63, 3.8) is 0 Å². The Morgan fingerprint density at radius 3 is 2.75 bits per heavy atom. The molecule has 2 rings (SSSR count). The van der Waals surface area contributed by atoms with Crippen LogP contribution in [0.1, 0.15) is 38.5 Å². The smallest absolute Gasteiger partial charge is 0.225 e. The predicted octanol–water partition coefficient (Wildman–Crippen LogP) is 3.51. The first-order valence-corrected chi connectivity index (χ1v) is 8.63. The van der Waals surface area contributed by atoms with E-state index in [2.05, 4.69) is 16.7 Å². The molecule has 0 fully saturated rings. The number of anilines is 1. The molecule has 0 aromatic heterocycles. The van der Waals surface area contributed by atoms with E-state index in [0.717, 1.165) is 13.0 Å². The van der Waals surface area contributed by atoms with Crippen LogP contribution < -0.4 is 20.1 Å². The highest BCUT2D eigenvalue weighted by Gasteiger charge is 2.09. The second kappa shape index (κ2) is 9.98. The fourth-order valence-electron chi connectivity index (χ4n) is 2.83. The normalized spacial score (nSPS) is 14.0. The number of carbonyl (C=O) groups is 1. The van der Waals surface area contributed by atoms with Crippen molar-refractivity contribution in [3.05, 3.63) is 29.8 Å². The van der Waals surface area contributed by atoms with E-state index in [-0.39, 0.29) is 5.91 Å². The van der Waals surface area contributed by atoms with E-state index in [9.17, 15) is 4.79 Å². The Kier molecular flexibility index (Phi) is 7.62. The Morgan fingerprint density at radius 2 is 2.04 bits per heavy atom. The van der Waals surface area contributed by atoms with E-state index >= 15 is 0 Å². The van der Waals surface area contributed by atoms with E-state index in [0.29, 0.717) is 30.2 Å². The molecule has 0 saturated heterocycles. The number of methoxy groups -OCH3 is 2. The molecule has 1 aromatic rings. The van der Waals surface area contributed by atoms with Gasteiger partial charge in [-0.3, -0.25) is 4.79 Å². The molecule has 0 saturated carbocycles. The number of ether oxygens (including phenoxy) is 2. The Morgan fingerprint density at radius 1 is 1.17 bits per heavy atom. The Balaban J connectivity index is 1.70. The predicted molar refractivity (Wildman–Crippen MR) is 96.8 cm³/mol. The van der Waals surface area contributed by atoms with Crippen LogP contribution in [0.15, 0.2) is 29.8 Å². The van der Waals surface area contributed by atoms with Crippen molar-refractivity contribution in [2.45, 2.75) is 38.5 Å². The van der Waals surface area contributed by atoms with E-state index in [1.807, 2.05) is 0 Å². The minimum atomic E-state index is -0.0362. The summed E-state index contributed by atoms with van der Waals surface area (Å²) in [6.45, 7) is 1.60. The van der Waals surface area contributed by atoms with E-state index in [1.165, 1.54) is 25.7 Å². The molecule has 0 radical (unpaired) electrons. The first kappa shape index (κ1) is 18.3. The molecule has 1 amide bonds. The molecule has 0 spiro atoms. The number of allylic oxidation sites excluding steroid dienone is 1. The monoisotopic (exact) mass is 332 g/mol. The van der Waals surface area contributed by atoms with Crippen molar-refractivity contribution < 1.29 is 14.3 Å². The molecule has 132 valence electrons. The van der Waals surface area contributed by atoms with Gasteiger partial charge in [0.15, 0.2) is 0 Å². The van der Waals surface area contributed by atoms with E-state index in [1.54, 1.807) is 38.0 Å². The summed E-state index contributed by atoms with van der Waals surface area (Å²) in [7, 11) is 3.18. The molecule has 0 atom stereocenters. The Labute approximate surface area is 144 Å². The molecular formula is C19H28N2O3. The average molecular weight is 332 g/mol. The van der Waals surface area contributed by atoms with Gasteiger partial charge in [0.25, 0.3) is 0 Å². The fourth-order valence-corrected chi connectivity index (χ4v) is 2.83. The van der Waals surface area contributed by atoms with Crippen LogP contribution in [0.4, 0.5) is 5.69 Å². The van der Waals surface area contributed by atoms with Crippen molar-refractivity contribution in [1.82, 2.24) is 5.32 Å². The number of benzene rings is 1. The van der Waals surface area contributed by atoms with Crippen molar-refractivity contribution in [3.8, 4) is 11.5 Å². The molecule has 0 unspecified atom stereocenters. The third-order valence-corrected chi connectivity index (χ3v) is 4.22. The van der Waals surface area contributed by atoms with Gasteiger partial charge in [0.05, 0.1) is 19.9 Å². The number of hydrogen-bond donors (Lipinski definition) is 2. The average Bonchev–Trinajstić information content (AvgIpc) is 2.62. The molecule has 5 heteroatoms. The summed E-state index contributed by atoms with van der Waals surface area (Å²) in [6, 6.07) is 5.35. The third-order valence-electron chi connectivity index (χ3n) is 4.22. The zero-order valence-electron chi connectivity index (χ0n) is 14.7. The number of nitrogens with one attached hydrogen (secondary N) is 2. The standard InChI is InChI=1S/C19H28N2O3/c1-23-16-8-9-18(24-2)17(14-16)21-19(22)11-13-20-12-10-15-6-4-3-5-7-15/h6,8-9,14,20H,3-5,7,10-13H2,1-2H3,(H,21,22). The highest BCUT2D eigenvalue weighted by molar-refractivity contribution is 5.92. The SMILES string of the molecule is COc1ccc(OC)c(NC(=O)CCNCCC2=CCCCC2)c1. The number of rotatable bonds is 9. The molecule has 1 aliphatic rings. The maximum Gasteiger partial charge on any atom is 0.225 e. The minimum Gasteiger partial charge on any atom is -0.497 e. The largest absolute Gasteiger partial charge is 0.497 e. The second-order valence-corrected chi connectivity index (χ2v) is 5.97. The van der Waals surface area contributed by atoms with Gasteiger partial charge in [-0.2, -0.15) is 0 Å². The molecule has 1 aliphatic carbocycles. The van der Waals surface area contributed by atoms with Gasteiger partial charge in [-0.1, -0.05) is 11.6 Å². The van der Waals surface area contributed by atoms with Crippen LogP contribution in [0.2, 0.25) is 0 Å². The van der Waals surface area contributed by atoms with Crippen molar-refractivity contribution >= 4 is 11.6 Å². The molecule has 0 aliphatic heterocycles. The lowest BCUT2D eigenvalue weighted by molar-refractivity contribution is -0.116. The van der Waals surface area contributed by atoms with Crippen LogP contribution in [-0.2, 0) is 4.79 Å². The van der Waals surface area contributed by atoms with Crippen LogP contribution >= 0.6 is 0 Å². The maximum atomic E-state index is 12.1. The highest BCUT2D eigenvalue weighted by atomic mass is 16.5. The van der Waals surface area contributed by atoms with Gasteiger partial charge < -0.3 is 20.1 Å². The zero-order valence-corrected chi connectivity index (χ0v) is 14.7. The summed E-state index contributed by atoms with van der Waals surface area (Å²) in [4.78, 5) is 12.1. The summed E-state index contributed by atoms with van der Waals surface area (Å²) in [5.41, 5.74) is 2.19. The molecule has 1 aromatic carbocycles. The summed E-state index contributed by atoms with van der Waals surface area (Å²) in [5, 5.41) is 6.22. The van der Waals surface area contributed by atoms with Crippen molar-refractivity contribution in [2.75, 3.05) is 32.6 Å². The zero-order chi connectivity index (χ0) is 17.2. The lowest BCUT2D eigenvalue weighted by Gasteiger charge is -2.13. The fraction of sp³-hybridized carbons (Fsp3) is 0.526. The van der Waals surface area contributed by atoms with Crippen LogP contribution in [0, 0.1) is 0 Å². The lowest BCUT2D eigenvalue weighted by Crippen LogP contribution is -2.23. The van der Waals surface area contributed by atoms with Gasteiger partial charge in [-0.05, 0) is 50.8 Å². The summed E-state index contributed by atoms with van der Waals surface area (Å²) in [6.07, 6.45) is 8.98.